The first-order valence-corrected chi connectivity index (χ1v) is 4.53. The van der Waals surface area contributed by atoms with Gasteiger partial charge in [-0.15, -0.1) is 0 Å². The van der Waals surface area contributed by atoms with E-state index in [1.165, 1.54) is 0 Å². The van der Waals surface area contributed by atoms with Gasteiger partial charge in [0, 0.05) is 12.7 Å². The van der Waals surface area contributed by atoms with Gasteiger partial charge in [-0.1, -0.05) is 5.57 Å². The molecule has 0 aliphatic heterocycles. The Morgan fingerprint density at radius 3 is 2.71 bits per heavy atom. The number of carbonyl (C=O) groups is 1. The van der Waals surface area contributed by atoms with Crippen LogP contribution >= 0.6 is 0 Å². The van der Waals surface area contributed by atoms with E-state index in [-0.39, 0.29) is 12.6 Å². The van der Waals surface area contributed by atoms with Crippen molar-refractivity contribution in [3.8, 4) is 0 Å². The smallest absolute Gasteiger partial charge is 0.318 e. The molecule has 0 saturated heterocycles. The fourth-order valence-electron chi connectivity index (χ4n) is 0.664. The van der Waals surface area contributed by atoms with Gasteiger partial charge in [0.25, 0.3) is 0 Å². The van der Waals surface area contributed by atoms with E-state index < -0.39 is 0 Å². The molecule has 5 heteroatoms. The molecule has 0 radical (unpaired) electrons. The van der Waals surface area contributed by atoms with Crippen molar-refractivity contribution < 1.29 is 14.6 Å². The number of aliphatic hydroxyl groups is 1. The highest BCUT2D eigenvalue weighted by Crippen LogP contribution is 1.83. The first-order valence-electron chi connectivity index (χ1n) is 4.53. The van der Waals surface area contributed by atoms with Crippen LogP contribution in [-0.4, -0.2) is 37.5 Å². The third-order valence-corrected chi connectivity index (χ3v) is 1.26. The Morgan fingerprint density at radius 1 is 1.43 bits per heavy atom. The summed E-state index contributed by atoms with van der Waals surface area (Å²) in [7, 11) is 0. The van der Waals surface area contributed by atoms with Crippen molar-refractivity contribution in [1.82, 2.24) is 10.6 Å². The molecule has 82 valence electrons. The number of aliphatic hydroxyl groups excluding tert-OH is 1. The van der Waals surface area contributed by atoms with Crippen LogP contribution in [0.2, 0.25) is 0 Å². The number of urea groups is 1. The Morgan fingerprint density at radius 2 is 2.14 bits per heavy atom. The standard InChI is InChI=1S/C9H18N2O3/c1-8(2)7-11-9(13)10-3-5-14-6-4-12/h7,12H,3-6H2,1-2H3,(H2,10,11,13). The lowest BCUT2D eigenvalue weighted by Crippen LogP contribution is -2.34. The van der Waals surface area contributed by atoms with Gasteiger partial charge >= 0.3 is 6.03 Å². The molecule has 0 rings (SSSR count). The molecule has 0 aromatic carbocycles. The monoisotopic (exact) mass is 202 g/mol. The van der Waals surface area contributed by atoms with Crippen LogP contribution in [0.25, 0.3) is 0 Å². The summed E-state index contributed by atoms with van der Waals surface area (Å²) in [6.45, 7) is 4.93. The molecule has 0 bridgehead atoms. The number of rotatable bonds is 6. The van der Waals surface area contributed by atoms with Crippen LogP contribution in [0, 0.1) is 0 Å². The zero-order valence-corrected chi connectivity index (χ0v) is 8.67. The number of hydrogen-bond donors (Lipinski definition) is 3. The second-order valence-corrected chi connectivity index (χ2v) is 2.96. The van der Waals surface area contributed by atoms with Gasteiger partial charge in [0.05, 0.1) is 19.8 Å². The van der Waals surface area contributed by atoms with Crippen molar-refractivity contribution in [2.24, 2.45) is 0 Å². The molecule has 5 nitrogen and oxygen atoms in total. The highest BCUT2D eigenvalue weighted by atomic mass is 16.5. The van der Waals surface area contributed by atoms with Crippen LogP contribution in [0.5, 0.6) is 0 Å². The van der Waals surface area contributed by atoms with E-state index in [1.807, 2.05) is 13.8 Å². The van der Waals surface area contributed by atoms with E-state index in [9.17, 15) is 4.79 Å². The predicted octanol–water partition coefficient (Wildman–Crippen LogP) is 0.218. The second kappa shape index (κ2) is 8.52. The van der Waals surface area contributed by atoms with E-state index in [0.717, 1.165) is 5.57 Å². The lowest BCUT2D eigenvalue weighted by Gasteiger charge is -2.05. The van der Waals surface area contributed by atoms with E-state index in [2.05, 4.69) is 10.6 Å². The van der Waals surface area contributed by atoms with Crippen molar-refractivity contribution in [3.63, 3.8) is 0 Å². The number of ether oxygens (including phenoxy) is 1. The third-order valence-electron chi connectivity index (χ3n) is 1.26. The average molecular weight is 202 g/mol. The largest absolute Gasteiger partial charge is 0.394 e. The van der Waals surface area contributed by atoms with Gasteiger partial charge in [-0.25, -0.2) is 4.79 Å². The van der Waals surface area contributed by atoms with Gasteiger partial charge < -0.3 is 20.5 Å². The molecule has 0 fully saturated rings. The number of nitrogens with one attached hydrogen (secondary N) is 2. The molecule has 3 N–H and O–H groups in total. The van der Waals surface area contributed by atoms with Crippen LogP contribution in [0.15, 0.2) is 11.8 Å². The molecule has 0 aromatic heterocycles. The minimum absolute atomic E-state index is 0.00393. The van der Waals surface area contributed by atoms with Crippen LogP contribution < -0.4 is 10.6 Å². The first kappa shape index (κ1) is 12.9. The Kier molecular flexibility index (Phi) is 7.87. The molecule has 2 amide bonds. The van der Waals surface area contributed by atoms with Crippen LogP contribution in [-0.2, 0) is 4.74 Å². The maximum absolute atomic E-state index is 11.0. The molecule has 0 spiro atoms. The van der Waals surface area contributed by atoms with Gasteiger partial charge in [0.15, 0.2) is 0 Å². The molecular formula is C9H18N2O3. The van der Waals surface area contributed by atoms with Crippen molar-refractivity contribution >= 4 is 6.03 Å². The molecule has 0 aliphatic rings. The molecule has 14 heavy (non-hydrogen) atoms. The Hall–Kier alpha value is -1.07. The summed E-state index contributed by atoms with van der Waals surface area (Å²) in [6, 6.07) is -0.251. The fraction of sp³-hybridized carbons (Fsp3) is 0.667. The Labute approximate surface area is 84.1 Å². The van der Waals surface area contributed by atoms with Gasteiger partial charge in [0.1, 0.15) is 0 Å². The molecule has 0 atom stereocenters. The molecule has 0 aliphatic carbocycles. The molecule has 0 aromatic rings. The normalized spacial score (nSPS) is 9.36. The van der Waals surface area contributed by atoms with Gasteiger partial charge in [-0.3, -0.25) is 0 Å². The maximum Gasteiger partial charge on any atom is 0.318 e. The maximum atomic E-state index is 11.0. The van der Waals surface area contributed by atoms with E-state index in [0.29, 0.717) is 19.8 Å². The predicted molar refractivity (Wildman–Crippen MR) is 53.9 cm³/mol. The van der Waals surface area contributed by atoms with Gasteiger partial charge in [-0.05, 0) is 13.8 Å². The highest BCUT2D eigenvalue weighted by molar-refractivity contribution is 5.74. The summed E-state index contributed by atoms with van der Waals surface area (Å²) in [5.41, 5.74) is 1.02. The molecule has 0 saturated carbocycles. The summed E-state index contributed by atoms with van der Waals surface area (Å²) in [6.07, 6.45) is 1.63. The minimum Gasteiger partial charge on any atom is -0.394 e. The first-order chi connectivity index (χ1) is 6.66. The van der Waals surface area contributed by atoms with Crippen LogP contribution in [0.3, 0.4) is 0 Å². The quantitative estimate of drug-likeness (QED) is 0.539. The van der Waals surface area contributed by atoms with Gasteiger partial charge in [-0.2, -0.15) is 0 Å². The van der Waals surface area contributed by atoms with E-state index in [1.54, 1.807) is 6.20 Å². The summed E-state index contributed by atoms with van der Waals surface area (Å²) in [5, 5.41) is 13.5. The topological polar surface area (TPSA) is 70.6 Å². The van der Waals surface area contributed by atoms with Crippen molar-refractivity contribution in [1.29, 1.82) is 0 Å². The Bertz CT molecular complexity index is 188. The van der Waals surface area contributed by atoms with Crippen LogP contribution in [0.1, 0.15) is 13.8 Å². The fourth-order valence-corrected chi connectivity index (χ4v) is 0.664. The summed E-state index contributed by atoms with van der Waals surface area (Å²) in [4.78, 5) is 11.0. The van der Waals surface area contributed by atoms with Crippen molar-refractivity contribution in [3.05, 3.63) is 11.8 Å². The zero-order chi connectivity index (χ0) is 10.8. The Balaban J connectivity index is 3.32. The lowest BCUT2D eigenvalue weighted by molar-refractivity contribution is 0.0948. The third kappa shape index (κ3) is 9.02. The lowest BCUT2D eigenvalue weighted by atomic mass is 10.4. The summed E-state index contributed by atoms with van der Waals surface area (Å²) < 4.78 is 4.95. The zero-order valence-electron chi connectivity index (χ0n) is 8.67. The molecule has 0 unspecified atom stereocenters. The number of amides is 2. The summed E-state index contributed by atoms with van der Waals surface area (Å²) >= 11 is 0. The second-order valence-electron chi connectivity index (χ2n) is 2.96. The average Bonchev–Trinajstić information content (AvgIpc) is 2.14. The minimum atomic E-state index is -0.251. The van der Waals surface area contributed by atoms with E-state index >= 15 is 0 Å². The van der Waals surface area contributed by atoms with E-state index in [4.69, 9.17) is 9.84 Å². The molecular weight excluding hydrogens is 184 g/mol. The highest BCUT2D eigenvalue weighted by Gasteiger charge is 1.95. The van der Waals surface area contributed by atoms with Crippen LogP contribution in [0.4, 0.5) is 4.79 Å². The summed E-state index contributed by atoms with van der Waals surface area (Å²) in [5.74, 6) is 0. The molecule has 0 heterocycles. The van der Waals surface area contributed by atoms with Gasteiger partial charge in [0.2, 0.25) is 0 Å². The number of hydrogen-bond acceptors (Lipinski definition) is 3. The van der Waals surface area contributed by atoms with Crippen molar-refractivity contribution in [2.45, 2.75) is 13.8 Å². The number of carbonyl (C=O) groups excluding carboxylic acids is 1. The SMILES string of the molecule is CC(C)=CNC(=O)NCCOCCO. The van der Waals surface area contributed by atoms with Crippen molar-refractivity contribution in [2.75, 3.05) is 26.4 Å². The number of allylic oxidation sites excluding steroid dienone is 1.